The van der Waals surface area contributed by atoms with Crippen LogP contribution in [0.25, 0.3) is 12.3 Å². The summed E-state index contributed by atoms with van der Waals surface area (Å²) in [5.74, 6) is 0. The molecule has 0 saturated heterocycles. The molecule has 0 aliphatic heterocycles. The summed E-state index contributed by atoms with van der Waals surface area (Å²) in [6.45, 7) is 6.05. The Morgan fingerprint density at radius 2 is 1.92 bits per heavy atom. The van der Waals surface area contributed by atoms with Crippen molar-refractivity contribution in [3.63, 3.8) is 0 Å². The van der Waals surface area contributed by atoms with E-state index in [2.05, 4.69) is 36.2 Å². The zero-order valence-electron chi connectivity index (χ0n) is 8.41. The predicted molar refractivity (Wildman–Crippen MR) is 59.2 cm³/mol. The van der Waals surface area contributed by atoms with Gasteiger partial charge in [0.2, 0.25) is 0 Å². The smallest absolute Gasteiger partial charge is 0.0342 e. The second-order valence-electron chi connectivity index (χ2n) is 2.96. The van der Waals surface area contributed by atoms with E-state index >= 15 is 0 Å². The third-order valence-electron chi connectivity index (χ3n) is 1.92. The number of hydrogen-bond donors (Lipinski definition) is 0. The van der Waals surface area contributed by atoms with Crippen LogP contribution in [-0.2, 0) is 0 Å². The summed E-state index contributed by atoms with van der Waals surface area (Å²) >= 11 is 0. The van der Waals surface area contributed by atoms with Crippen molar-refractivity contribution in [3.8, 4) is 0 Å². The Morgan fingerprint density at radius 1 is 1.15 bits per heavy atom. The molecular weight excluding hydrogens is 158 g/mol. The summed E-state index contributed by atoms with van der Waals surface area (Å²) in [5.41, 5.74) is 1.27. The lowest BCUT2D eigenvalue weighted by molar-refractivity contribution is 1.39. The zero-order chi connectivity index (χ0) is 9.68. The molecule has 0 bridgehead atoms. The van der Waals surface area contributed by atoms with Crippen molar-refractivity contribution < 1.29 is 0 Å². The van der Waals surface area contributed by atoms with Crippen molar-refractivity contribution in [3.05, 3.63) is 34.2 Å². The molecule has 0 heterocycles. The van der Waals surface area contributed by atoms with Crippen LogP contribution in [0.3, 0.4) is 0 Å². The van der Waals surface area contributed by atoms with E-state index < -0.39 is 0 Å². The van der Waals surface area contributed by atoms with Gasteiger partial charge in [-0.05, 0) is 37.3 Å². The van der Waals surface area contributed by atoms with Crippen LogP contribution in [0.15, 0.2) is 23.2 Å². The summed E-state index contributed by atoms with van der Waals surface area (Å²) in [6.07, 6.45) is 5.78. The molecule has 0 radical (unpaired) electrons. The van der Waals surface area contributed by atoms with Crippen LogP contribution in [0.5, 0.6) is 0 Å². The SMILES string of the molecule is CC=N/C=c1/cc(C)cc/c1=C/C. The molecule has 0 spiro atoms. The summed E-state index contributed by atoms with van der Waals surface area (Å²) < 4.78 is 0. The van der Waals surface area contributed by atoms with E-state index in [1.165, 1.54) is 16.0 Å². The molecule has 0 fully saturated rings. The minimum absolute atomic E-state index is 1.18. The molecular formula is C12H15N. The lowest BCUT2D eigenvalue weighted by Gasteiger charge is -1.92. The Kier molecular flexibility index (Phi) is 3.44. The van der Waals surface area contributed by atoms with E-state index in [1.54, 1.807) is 6.21 Å². The molecule has 0 unspecified atom stereocenters. The van der Waals surface area contributed by atoms with E-state index in [0.717, 1.165) is 0 Å². The summed E-state index contributed by atoms with van der Waals surface area (Å²) in [7, 11) is 0. The fourth-order valence-corrected chi connectivity index (χ4v) is 1.22. The van der Waals surface area contributed by atoms with Crippen LogP contribution >= 0.6 is 0 Å². The molecule has 1 heteroatoms. The maximum Gasteiger partial charge on any atom is 0.0342 e. The average Bonchev–Trinajstić information content (AvgIpc) is 2.15. The van der Waals surface area contributed by atoms with E-state index in [1.807, 2.05) is 20.0 Å². The first-order chi connectivity index (χ1) is 6.27. The van der Waals surface area contributed by atoms with Gasteiger partial charge in [0, 0.05) is 12.4 Å². The van der Waals surface area contributed by atoms with Gasteiger partial charge in [-0.25, -0.2) is 0 Å². The average molecular weight is 173 g/mol. The van der Waals surface area contributed by atoms with Crippen LogP contribution in [0.4, 0.5) is 0 Å². The molecule has 0 saturated carbocycles. The molecule has 0 aromatic heterocycles. The number of aliphatic imine (C=N–C) groups is 1. The fourth-order valence-electron chi connectivity index (χ4n) is 1.22. The quantitative estimate of drug-likeness (QED) is 0.572. The third-order valence-corrected chi connectivity index (χ3v) is 1.92. The lowest BCUT2D eigenvalue weighted by atomic mass is 10.2. The molecule has 0 aliphatic carbocycles. The number of nitrogens with zero attached hydrogens (tertiary/aromatic N) is 1. The Balaban J connectivity index is 3.41. The van der Waals surface area contributed by atoms with Crippen molar-refractivity contribution in [1.82, 2.24) is 0 Å². The standard InChI is InChI=1S/C12H15N/c1-4-11-7-6-10(3)8-12(11)9-13-5-2/h4-9H,1-3H3/b11-4-,12-9-,13-5?. The second kappa shape index (κ2) is 4.61. The lowest BCUT2D eigenvalue weighted by Crippen LogP contribution is -2.23. The highest BCUT2D eigenvalue weighted by Crippen LogP contribution is 1.86. The zero-order valence-corrected chi connectivity index (χ0v) is 8.41. The molecule has 1 aromatic carbocycles. The fraction of sp³-hybridized carbons (Fsp3) is 0.250. The minimum Gasteiger partial charge on any atom is -0.269 e. The van der Waals surface area contributed by atoms with Gasteiger partial charge >= 0.3 is 0 Å². The van der Waals surface area contributed by atoms with Crippen LogP contribution in [0.2, 0.25) is 0 Å². The molecule has 0 amide bonds. The van der Waals surface area contributed by atoms with Gasteiger partial charge in [0.05, 0.1) is 0 Å². The molecule has 1 aromatic rings. The summed E-state index contributed by atoms with van der Waals surface area (Å²) in [4.78, 5) is 4.12. The van der Waals surface area contributed by atoms with Gasteiger partial charge in [0.15, 0.2) is 0 Å². The maximum atomic E-state index is 4.12. The molecule has 0 aliphatic rings. The Hall–Kier alpha value is -1.37. The van der Waals surface area contributed by atoms with E-state index in [4.69, 9.17) is 0 Å². The Labute approximate surface area is 79.1 Å². The monoisotopic (exact) mass is 173 g/mol. The molecule has 0 atom stereocenters. The minimum atomic E-state index is 1.18. The highest BCUT2D eigenvalue weighted by Gasteiger charge is 1.85. The van der Waals surface area contributed by atoms with Gasteiger partial charge in [-0.15, -0.1) is 0 Å². The van der Waals surface area contributed by atoms with Gasteiger partial charge in [0.25, 0.3) is 0 Å². The largest absolute Gasteiger partial charge is 0.269 e. The first-order valence-electron chi connectivity index (χ1n) is 4.49. The van der Waals surface area contributed by atoms with E-state index in [0.29, 0.717) is 0 Å². The molecule has 68 valence electrons. The molecule has 0 N–H and O–H groups in total. The van der Waals surface area contributed by atoms with Crippen molar-refractivity contribution in [2.75, 3.05) is 0 Å². The van der Waals surface area contributed by atoms with Crippen molar-refractivity contribution in [2.45, 2.75) is 20.8 Å². The van der Waals surface area contributed by atoms with E-state index in [-0.39, 0.29) is 0 Å². The van der Waals surface area contributed by atoms with Gasteiger partial charge in [-0.1, -0.05) is 23.8 Å². The Bertz CT molecular complexity index is 413. The second-order valence-corrected chi connectivity index (χ2v) is 2.96. The van der Waals surface area contributed by atoms with Gasteiger partial charge < -0.3 is 0 Å². The van der Waals surface area contributed by atoms with Crippen molar-refractivity contribution in [2.24, 2.45) is 4.99 Å². The van der Waals surface area contributed by atoms with Crippen LogP contribution in [0.1, 0.15) is 19.4 Å². The van der Waals surface area contributed by atoms with Crippen LogP contribution in [-0.4, -0.2) is 6.21 Å². The topological polar surface area (TPSA) is 12.4 Å². The first kappa shape index (κ1) is 9.72. The van der Waals surface area contributed by atoms with Crippen LogP contribution in [0, 0.1) is 6.92 Å². The Morgan fingerprint density at radius 3 is 2.54 bits per heavy atom. The van der Waals surface area contributed by atoms with Gasteiger partial charge in [-0.2, -0.15) is 0 Å². The number of aryl methyl sites for hydroxylation is 1. The molecule has 1 rings (SSSR count). The number of rotatable bonds is 1. The number of benzene rings is 1. The highest BCUT2D eigenvalue weighted by atomic mass is 14.6. The van der Waals surface area contributed by atoms with Crippen molar-refractivity contribution >= 4 is 18.5 Å². The third kappa shape index (κ3) is 2.55. The van der Waals surface area contributed by atoms with Gasteiger partial charge in [-0.3, -0.25) is 4.99 Å². The van der Waals surface area contributed by atoms with E-state index in [9.17, 15) is 0 Å². The molecule has 13 heavy (non-hydrogen) atoms. The first-order valence-corrected chi connectivity index (χ1v) is 4.49. The normalized spacial score (nSPS) is 14.4. The predicted octanol–water partition coefficient (Wildman–Crippen LogP) is 1.62. The summed E-state index contributed by atoms with van der Waals surface area (Å²) in [5, 5.41) is 2.41. The maximum absolute atomic E-state index is 4.12. The number of hydrogen-bond acceptors (Lipinski definition) is 1. The molecule has 1 nitrogen and oxygen atoms in total. The van der Waals surface area contributed by atoms with Crippen LogP contribution < -0.4 is 10.4 Å². The van der Waals surface area contributed by atoms with Gasteiger partial charge in [0.1, 0.15) is 0 Å². The van der Waals surface area contributed by atoms with Crippen molar-refractivity contribution in [1.29, 1.82) is 0 Å². The summed E-state index contributed by atoms with van der Waals surface area (Å²) in [6, 6.07) is 6.37. The highest BCUT2D eigenvalue weighted by molar-refractivity contribution is 5.57.